The van der Waals surface area contributed by atoms with E-state index in [9.17, 15) is 0 Å². The summed E-state index contributed by atoms with van der Waals surface area (Å²) in [4.78, 5) is 0. The summed E-state index contributed by atoms with van der Waals surface area (Å²) >= 11 is 23.2. The molecule has 0 saturated carbocycles. The molecule has 5 heteroatoms. The fourth-order valence-corrected chi connectivity index (χ4v) is 2.15. The minimum atomic E-state index is 0.429. The van der Waals surface area contributed by atoms with Crippen LogP contribution in [0.1, 0.15) is 12.8 Å². The zero-order valence-electron chi connectivity index (χ0n) is 7.90. The molecule has 0 amide bonds. The van der Waals surface area contributed by atoms with Gasteiger partial charge in [0, 0.05) is 10.9 Å². The van der Waals surface area contributed by atoms with Gasteiger partial charge < -0.3 is 4.74 Å². The van der Waals surface area contributed by atoms with Crippen LogP contribution in [0.15, 0.2) is 12.1 Å². The van der Waals surface area contributed by atoms with Crippen LogP contribution < -0.4 is 4.74 Å². The maximum Gasteiger partial charge on any atom is 0.156 e. The van der Waals surface area contributed by atoms with Gasteiger partial charge in [0.2, 0.25) is 0 Å². The molecule has 0 aliphatic carbocycles. The minimum absolute atomic E-state index is 0.429. The standard InChI is InChI=1S/C10H10Cl4O/c11-3-1-2-4-15-10-8(13)5-7(12)6-9(10)14/h5-6H,1-4H2. The Labute approximate surface area is 109 Å². The molecule has 0 radical (unpaired) electrons. The summed E-state index contributed by atoms with van der Waals surface area (Å²) in [6.07, 6.45) is 1.78. The van der Waals surface area contributed by atoms with Crippen molar-refractivity contribution in [3.63, 3.8) is 0 Å². The van der Waals surface area contributed by atoms with Gasteiger partial charge in [-0.25, -0.2) is 0 Å². The van der Waals surface area contributed by atoms with Crippen LogP contribution >= 0.6 is 46.4 Å². The van der Waals surface area contributed by atoms with Gasteiger partial charge in [-0.3, -0.25) is 0 Å². The monoisotopic (exact) mass is 286 g/mol. The molecule has 0 aliphatic rings. The summed E-state index contributed by atoms with van der Waals surface area (Å²) in [6, 6.07) is 3.21. The molecule has 84 valence electrons. The van der Waals surface area contributed by atoms with Gasteiger partial charge in [-0.1, -0.05) is 34.8 Å². The molecule has 0 saturated heterocycles. The lowest BCUT2D eigenvalue weighted by molar-refractivity contribution is 0.310. The van der Waals surface area contributed by atoms with E-state index < -0.39 is 0 Å². The first-order valence-corrected chi connectivity index (χ1v) is 6.15. The molecule has 0 atom stereocenters. The Morgan fingerprint density at radius 2 is 1.60 bits per heavy atom. The Kier molecular flexibility index (Phi) is 5.91. The molecule has 1 aromatic rings. The van der Waals surface area contributed by atoms with Crippen LogP contribution in [-0.4, -0.2) is 12.5 Å². The highest BCUT2D eigenvalue weighted by Gasteiger charge is 2.08. The number of hydrogen-bond acceptors (Lipinski definition) is 1. The highest BCUT2D eigenvalue weighted by molar-refractivity contribution is 6.40. The molecule has 15 heavy (non-hydrogen) atoms. The molecule has 0 unspecified atom stereocenters. The van der Waals surface area contributed by atoms with Crippen LogP contribution in [0.4, 0.5) is 0 Å². The smallest absolute Gasteiger partial charge is 0.156 e. The summed E-state index contributed by atoms with van der Waals surface area (Å²) in [5.41, 5.74) is 0. The van der Waals surface area contributed by atoms with Crippen molar-refractivity contribution in [3.05, 3.63) is 27.2 Å². The number of unbranched alkanes of at least 4 members (excludes halogenated alkanes) is 1. The third kappa shape index (κ3) is 4.28. The van der Waals surface area contributed by atoms with Gasteiger partial charge in [0.05, 0.1) is 16.7 Å². The van der Waals surface area contributed by atoms with Crippen molar-refractivity contribution < 1.29 is 4.74 Å². The van der Waals surface area contributed by atoms with Crippen LogP contribution in [0.25, 0.3) is 0 Å². The van der Waals surface area contributed by atoms with E-state index in [-0.39, 0.29) is 0 Å². The zero-order chi connectivity index (χ0) is 11.3. The van der Waals surface area contributed by atoms with Gasteiger partial charge in [0.25, 0.3) is 0 Å². The highest BCUT2D eigenvalue weighted by atomic mass is 35.5. The fourth-order valence-electron chi connectivity index (χ4n) is 1.04. The third-order valence-electron chi connectivity index (χ3n) is 1.74. The predicted octanol–water partition coefficient (Wildman–Crippen LogP) is 5.04. The second kappa shape index (κ2) is 6.70. The van der Waals surface area contributed by atoms with Gasteiger partial charge in [-0.15, -0.1) is 11.6 Å². The lowest BCUT2D eigenvalue weighted by Crippen LogP contribution is -1.98. The van der Waals surface area contributed by atoms with Crippen molar-refractivity contribution in [3.8, 4) is 5.75 Å². The molecule has 0 aromatic heterocycles. The first kappa shape index (κ1) is 13.2. The van der Waals surface area contributed by atoms with Gasteiger partial charge in [-0.05, 0) is 25.0 Å². The van der Waals surface area contributed by atoms with Crippen LogP contribution in [0.2, 0.25) is 15.1 Å². The number of ether oxygens (including phenoxy) is 1. The molecule has 1 rings (SSSR count). The molecule has 0 aliphatic heterocycles. The molecule has 0 bridgehead atoms. The van der Waals surface area contributed by atoms with Crippen LogP contribution in [-0.2, 0) is 0 Å². The molecule has 1 aromatic carbocycles. The van der Waals surface area contributed by atoms with E-state index in [0.29, 0.717) is 33.3 Å². The average Bonchev–Trinajstić information content (AvgIpc) is 2.15. The Hall–Kier alpha value is 0.180. The van der Waals surface area contributed by atoms with Gasteiger partial charge in [0.1, 0.15) is 0 Å². The third-order valence-corrected chi connectivity index (χ3v) is 2.78. The van der Waals surface area contributed by atoms with Crippen molar-refractivity contribution >= 4 is 46.4 Å². The topological polar surface area (TPSA) is 9.23 Å². The van der Waals surface area contributed by atoms with Gasteiger partial charge >= 0.3 is 0 Å². The first-order chi connectivity index (χ1) is 7.15. The first-order valence-electron chi connectivity index (χ1n) is 4.48. The Balaban J connectivity index is 2.60. The summed E-state index contributed by atoms with van der Waals surface area (Å²) in [5, 5.41) is 1.36. The quantitative estimate of drug-likeness (QED) is 0.544. The summed E-state index contributed by atoms with van der Waals surface area (Å²) in [7, 11) is 0. The number of hydrogen-bond donors (Lipinski definition) is 0. The second-order valence-corrected chi connectivity index (χ2v) is 4.57. The fraction of sp³-hybridized carbons (Fsp3) is 0.400. The lowest BCUT2D eigenvalue weighted by Gasteiger charge is -2.09. The van der Waals surface area contributed by atoms with Crippen LogP contribution in [0.3, 0.4) is 0 Å². The lowest BCUT2D eigenvalue weighted by atomic mass is 10.3. The molecule has 0 fully saturated rings. The van der Waals surface area contributed by atoms with E-state index >= 15 is 0 Å². The Bertz CT molecular complexity index is 304. The molecular weight excluding hydrogens is 278 g/mol. The minimum Gasteiger partial charge on any atom is -0.490 e. The van der Waals surface area contributed by atoms with E-state index in [0.717, 1.165) is 12.8 Å². The number of rotatable bonds is 5. The molecular formula is C10H10Cl4O. The van der Waals surface area contributed by atoms with E-state index in [1.54, 1.807) is 12.1 Å². The maximum absolute atomic E-state index is 5.93. The normalized spacial score (nSPS) is 10.4. The SMILES string of the molecule is ClCCCCOc1c(Cl)cc(Cl)cc1Cl. The van der Waals surface area contributed by atoms with Crippen molar-refractivity contribution in [1.82, 2.24) is 0 Å². The van der Waals surface area contributed by atoms with Crippen molar-refractivity contribution in [2.75, 3.05) is 12.5 Å². The molecule has 1 nitrogen and oxygen atoms in total. The number of alkyl halides is 1. The predicted molar refractivity (Wildman–Crippen MR) is 66.9 cm³/mol. The van der Waals surface area contributed by atoms with Crippen molar-refractivity contribution in [2.45, 2.75) is 12.8 Å². The van der Waals surface area contributed by atoms with Gasteiger partial charge in [0.15, 0.2) is 5.75 Å². The summed E-state index contributed by atoms with van der Waals surface area (Å²) in [6.45, 7) is 0.549. The summed E-state index contributed by atoms with van der Waals surface area (Å²) < 4.78 is 5.44. The van der Waals surface area contributed by atoms with E-state index in [1.165, 1.54) is 0 Å². The van der Waals surface area contributed by atoms with Gasteiger partial charge in [-0.2, -0.15) is 0 Å². The van der Waals surface area contributed by atoms with Crippen LogP contribution in [0, 0.1) is 0 Å². The molecule has 0 heterocycles. The Morgan fingerprint density at radius 1 is 1.00 bits per heavy atom. The molecule has 0 N–H and O–H groups in total. The van der Waals surface area contributed by atoms with E-state index in [4.69, 9.17) is 51.1 Å². The number of benzene rings is 1. The van der Waals surface area contributed by atoms with Crippen molar-refractivity contribution in [2.24, 2.45) is 0 Å². The van der Waals surface area contributed by atoms with E-state index in [1.807, 2.05) is 0 Å². The summed E-state index contributed by atoms with van der Waals surface area (Å²) in [5.74, 6) is 1.11. The maximum atomic E-state index is 5.93. The number of halogens is 4. The molecule has 0 spiro atoms. The van der Waals surface area contributed by atoms with E-state index in [2.05, 4.69) is 0 Å². The van der Waals surface area contributed by atoms with Crippen LogP contribution in [0.5, 0.6) is 5.75 Å². The highest BCUT2D eigenvalue weighted by Crippen LogP contribution is 2.35. The Morgan fingerprint density at radius 3 is 2.13 bits per heavy atom. The van der Waals surface area contributed by atoms with Crippen molar-refractivity contribution in [1.29, 1.82) is 0 Å². The average molecular weight is 288 g/mol. The second-order valence-electron chi connectivity index (χ2n) is 2.94. The largest absolute Gasteiger partial charge is 0.490 e. The zero-order valence-corrected chi connectivity index (χ0v) is 10.9.